The van der Waals surface area contributed by atoms with Gasteiger partial charge in [0, 0.05) is 44.3 Å². The summed E-state index contributed by atoms with van der Waals surface area (Å²) in [7, 11) is 0. The fourth-order valence-electron chi connectivity index (χ4n) is 2.95. The Hall–Kier alpha value is -1.01. The molecule has 5 nitrogen and oxygen atoms in total. The molecular formula is C16H23Cl2N3O2. The fraction of sp³-hybridized carbons (Fsp3) is 0.562. The van der Waals surface area contributed by atoms with Gasteiger partial charge in [-0.3, -0.25) is 9.69 Å². The highest BCUT2D eigenvalue weighted by Crippen LogP contribution is 2.29. The molecule has 0 aliphatic carbocycles. The Kier molecular flexibility index (Phi) is 6.96. The first-order chi connectivity index (χ1) is 10.7. The zero-order valence-electron chi connectivity index (χ0n) is 13.0. The predicted molar refractivity (Wildman–Crippen MR) is 93.7 cm³/mol. The van der Waals surface area contributed by atoms with Gasteiger partial charge in [-0.25, -0.2) is 0 Å². The summed E-state index contributed by atoms with van der Waals surface area (Å²) < 4.78 is 5.67. The van der Waals surface area contributed by atoms with Crippen LogP contribution in [0.5, 0.6) is 5.75 Å². The van der Waals surface area contributed by atoms with Crippen LogP contribution in [0.4, 0.5) is 0 Å². The van der Waals surface area contributed by atoms with E-state index >= 15 is 0 Å². The molecule has 2 heterocycles. The van der Waals surface area contributed by atoms with Crippen molar-refractivity contribution in [1.29, 1.82) is 0 Å². The first-order valence-corrected chi connectivity index (χ1v) is 8.22. The number of hydrogen-bond acceptors (Lipinski definition) is 4. The van der Waals surface area contributed by atoms with Crippen molar-refractivity contribution >= 4 is 29.9 Å². The van der Waals surface area contributed by atoms with E-state index < -0.39 is 0 Å². The standard InChI is InChI=1S/C16H22ClN3O2.ClH/c17-14-1-2-15-12(10-14)9-13(11-22-15)16(21)19-5-8-20-6-3-18-4-7-20;/h1-2,10,13,18H,3-9,11H2,(H,19,21);1H. The van der Waals surface area contributed by atoms with Gasteiger partial charge >= 0.3 is 0 Å². The van der Waals surface area contributed by atoms with Crippen LogP contribution in [0.15, 0.2) is 18.2 Å². The van der Waals surface area contributed by atoms with E-state index in [0.29, 0.717) is 24.6 Å². The molecule has 2 N–H and O–H groups in total. The highest BCUT2D eigenvalue weighted by molar-refractivity contribution is 6.30. The van der Waals surface area contributed by atoms with Crippen LogP contribution >= 0.6 is 24.0 Å². The van der Waals surface area contributed by atoms with Gasteiger partial charge in [0.2, 0.25) is 5.91 Å². The first-order valence-electron chi connectivity index (χ1n) is 7.84. The molecule has 1 saturated heterocycles. The third kappa shape index (κ3) is 4.98. The van der Waals surface area contributed by atoms with Crippen molar-refractivity contribution in [2.45, 2.75) is 6.42 Å². The van der Waals surface area contributed by atoms with E-state index in [9.17, 15) is 4.79 Å². The Bertz CT molecular complexity index is 536. The lowest BCUT2D eigenvalue weighted by atomic mass is 9.96. The van der Waals surface area contributed by atoms with E-state index in [-0.39, 0.29) is 24.2 Å². The minimum Gasteiger partial charge on any atom is -0.492 e. The second-order valence-electron chi connectivity index (χ2n) is 5.85. The van der Waals surface area contributed by atoms with Crippen molar-refractivity contribution in [1.82, 2.24) is 15.5 Å². The Labute approximate surface area is 148 Å². The summed E-state index contributed by atoms with van der Waals surface area (Å²) in [5.41, 5.74) is 1.01. The number of fused-ring (bicyclic) bond motifs is 1. The molecule has 0 radical (unpaired) electrons. The van der Waals surface area contributed by atoms with Gasteiger partial charge < -0.3 is 15.4 Å². The monoisotopic (exact) mass is 359 g/mol. The second kappa shape index (κ2) is 8.73. The summed E-state index contributed by atoms with van der Waals surface area (Å²) >= 11 is 6.01. The summed E-state index contributed by atoms with van der Waals surface area (Å²) in [4.78, 5) is 14.6. The summed E-state index contributed by atoms with van der Waals surface area (Å²) in [6, 6.07) is 5.57. The van der Waals surface area contributed by atoms with E-state index in [1.807, 2.05) is 18.2 Å². The lowest BCUT2D eigenvalue weighted by Gasteiger charge is -2.28. The number of carbonyl (C=O) groups excluding carboxylic acids is 1. The number of amides is 1. The molecule has 1 aromatic rings. The van der Waals surface area contributed by atoms with Gasteiger partial charge in [-0.05, 0) is 30.2 Å². The number of halogens is 2. The first kappa shape index (κ1) is 18.3. The van der Waals surface area contributed by atoms with Gasteiger partial charge in [-0.1, -0.05) is 11.6 Å². The highest BCUT2D eigenvalue weighted by Gasteiger charge is 2.26. The molecular weight excluding hydrogens is 337 g/mol. The molecule has 0 bridgehead atoms. The van der Waals surface area contributed by atoms with Gasteiger partial charge in [0.05, 0.1) is 5.92 Å². The molecule has 23 heavy (non-hydrogen) atoms. The number of nitrogens with zero attached hydrogens (tertiary/aromatic N) is 1. The topological polar surface area (TPSA) is 53.6 Å². The molecule has 1 unspecified atom stereocenters. The number of hydrogen-bond donors (Lipinski definition) is 2. The van der Waals surface area contributed by atoms with E-state index in [1.165, 1.54) is 0 Å². The van der Waals surface area contributed by atoms with Crippen molar-refractivity contribution in [2.75, 3.05) is 45.9 Å². The number of piperazine rings is 1. The molecule has 2 aliphatic rings. The van der Waals surface area contributed by atoms with Gasteiger partial charge in [-0.15, -0.1) is 12.4 Å². The largest absolute Gasteiger partial charge is 0.492 e. The summed E-state index contributed by atoms with van der Waals surface area (Å²) in [5.74, 6) is 0.781. The van der Waals surface area contributed by atoms with Crippen LogP contribution in [0, 0.1) is 5.92 Å². The van der Waals surface area contributed by atoms with Crippen molar-refractivity contribution in [3.8, 4) is 5.75 Å². The van der Waals surface area contributed by atoms with Gasteiger partial charge in [0.25, 0.3) is 0 Å². The molecule has 1 aromatic carbocycles. The molecule has 128 valence electrons. The van der Waals surface area contributed by atoms with Gasteiger partial charge in [0.15, 0.2) is 0 Å². The van der Waals surface area contributed by atoms with Crippen LogP contribution in [0.3, 0.4) is 0 Å². The van der Waals surface area contributed by atoms with Crippen molar-refractivity contribution in [3.63, 3.8) is 0 Å². The van der Waals surface area contributed by atoms with Crippen LogP contribution in [0.2, 0.25) is 5.02 Å². The van der Waals surface area contributed by atoms with Crippen LogP contribution in [-0.4, -0.2) is 56.7 Å². The van der Waals surface area contributed by atoms with E-state index in [1.54, 1.807) is 0 Å². The molecule has 2 aliphatic heterocycles. The van der Waals surface area contributed by atoms with E-state index in [2.05, 4.69) is 15.5 Å². The number of nitrogens with one attached hydrogen (secondary N) is 2. The summed E-state index contributed by atoms with van der Waals surface area (Å²) in [6.45, 7) is 6.20. The Balaban J connectivity index is 0.00000192. The summed E-state index contributed by atoms with van der Waals surface area (Å²) in [6.07, 6.45) is 0.690. The molecule has 0 saturated carbocycles. The van der Waals surface area contributed by atoms with Crippen LogP contribution in [0.25, 0.3) is 0 Å². The summed E-state index contributed by atoms with van der Waals surface area (Å²) in [5, 5.41) is 7.04. The molecule has 7 heteroatoms. The quantitative estimate of drug-likeness (QED) is 0.851. The van der Waals surface area contributed by atoms with Gasteiger partial charge in [-0.2, -0.15) is 0 Å². The van der Waals surface area contributed by atoms with E-state index in [4.69, 9.17) is 16.3 Å². The maximum atomic E-state index is 12.3. The molecule has 3 rings (SSSR count). The lowest BCUT2D eigenvalue weighted by Crippen LogP contribution is -2.47. The van der Waals surface area contributed by atoms with Crippen LogP contribution < -0.4 is 15.4 Å². The maximum Gasteiger partial charge on any atom is 0.226 e. The minimum absolute atomic E-state index is 0. The minimum atomic E-state index is -0.131. The number of carbonyl (C=O) groups is 1. The highest BCUT2D eigenvalue weighted by atomic mass is 35.5. The smallest absolute Gasteiger partial charge is 0.226 e. The third-order valence-electron chi connectivity index (χ3n) is 4.24. The molecule has 1 amide bonds. The number of benzene rings is 1. The second-order valence-corrected chi connectivity index (χ2v) is 6.28. The van der Waals surface area contributed by atoms with Crippen molar-refractivity contribution < 1.29 is 9.53 Å². The Morgan fingerprint density at radius 1 is 1.39 bits per heavy atom. The number of rotatable bonds is 4. The average Bonchev–Trinajstić information content (AvgIpc) is 2.55. The third-order valence-corrected chi connectivity index (χ3v) is 4.47. The zero-order valence-corrected chi connectivity index (χ0v) is 14.6. The molecule has 1 atom stereocenters. The lowest BCUT2D eigenvalue weighted by molar-refractivity contribution is -0.126. The van der Waals surface area contributed by atoms with Crippen molar-refractivity contribution in [3.05, 3.63) is 28.8 Å². The average molecular weight is 360 g/mol. The van der Waals surface area contributed by atoms with Crippen LogP contribution in [0.1, 0.15) is 5.56 Å². The van der Waals surface area contributed by atoms with Crippen LogP contribution in [-0.2, 0) is 11.2 Å². The molecule has 0 spiro atoms. The Morgan fingerprint density at radius 2 is 2.17 bits per heavy atom. The maximum absolute atomic E-state index is 12.3. The van der Waals surface area contributed by atoms with Crippen molar-refractivity contribution in [2.24, 2.45) is 5.92 Å². The molecule has 0 aromatic heterocycles. The van der Waals surface area contributed by atoms with E-state index in [0.717, 1.165) is 44.0 Å². The zero-order chi connectivity index (χ0) is 15.4. The SMILES string of the molecule is Cl.O=C(NCCN1CCNCC1)C1COc2ccc(Cl)cc2C1. The molecule has 1 fully saturated rings. The van der Waals surface area contributed by atoms with Gasteiger partial charge in [0.1, 0.15) is 12.4 Å². The Morgan fingerprint density at radius 3 is 2.96 bits per heavy atom. The number of ether oxygens (including phenoxy) is 1. The normalized spacial score (nSPS) is 20.8. The predicted octanol–water partition coefficient (Wildman–Crippen LogP) is 1.33. The fourth-order valence-corrected chi connectivity index (χ4v) is 3.14.